The smallest absolute Gasteiger partial charge is 0.233 e. The molecule has 2 rings (SSSR count). The molecule has 0 saturated heterocycles. The van der Waals surface area contributed by atoms with Gasteiger partial charge in [-0.3, -0.25) is 0 Å². The van der Waals surface area contributed by atoms with Gasteiger partial charge in [-0.2, -0.15) is 15.0 Å². The number of nitrogen functional groups attached to an aromatic ring is 1. The van der Waals surface area contributed by atoms with Gasteiger partial charge in [0, 0.05) is 14.1 Å². The fraction of sp³-hybridized carbons (Fsp3) is 0.182. The molecule has 0 saturated carbocycles. The van der Waals surface area contributed by atoms with Crippen LogP contribution in [0.3, 0.4) is 0 Å². The second-order valence-electron chi connectivity index (χ2n) is 3.82. The molecular formula is C11H13ClN6. The van der Waals surface area contributed by atoms with Gasteiger partial charge in [0.25, 0.3) is 0 Å². The number of aromatic nitrogens is 3. The maximum atomic E-state index is 5.73. The van der Waals surface area contributed by atoms with E-state index in [1.54, 1.807) is 0 Å². The first kappa shape index (κ1) is 12.4. The zero-order valence-electron chi connectivity index (χ0n) is 10.1. The van der Waals surface area contributed by atoms with Gasteiger partial charge in [-0.15, -0.1) is 0 Å². The number of hydrogen-bond donors (Lipinski definition) is 2. The van der Waals surface area contributed by atoms with E-state index in [1.807, 2.05) is 43.3 Å². The first-order chi connectivity index (χ1) is 8.56. The lowest BCUT2D eigenvalue weighted by atomic mass is 10.2. The quantitative estimate of drug-likeness (QED) is 0.882. The van der Waals surface area contributed by atoms with Crippen molar-refractivity contribution in [3.05, 3.63) is 29.5 Å². The van der Waals surface area contributed by atoms with Crippen LogP contribution in [0, 0.1) is 0 Å². The summed E-state index contributed by atoms with van der Waals surface area (Å²) in [5, 5.41) is 3.13. The molecule has 7 heteroatoms. The second kappa shape index (κ2) is 5.05. The lowest BCUT2D eigenvalue weighted by Crippen LogP contribution is -2.11. The van der Waals surface area contributed by atoms with Gasteiger partial charge in [0.05, 0.1) is 11.4 Å². The number of nitrogens with two attached hydrogens (primary N) is 1. The monoisotopic (exact) mass is 264 g/mol. The number of hydrogen-bond acceptors (Lipinski definition) is 6. The van der Waals surface area contributed by atoms with Crippen LogP contribution in [-0.2, 0) is 0 Å². The van der Waals surface area contributed by atoms with Gasteiger partial charge in [-0.05, 0) is 23.7 Å². The first-order valence-electron chi connectivity index (χ1n) is 5.26. The van der Waals surface area contributed by atoms with Crippen LogP contribution < -0.4 is 16.0 Å². The summed E-state index contributed by atoms with van der Waals surface area (Å²) in [6.07, 6.45) is 0. The van der Waals surface area contributed by atoms with Crippen LogP contribution in [0.25, 0.3) is 0 Å². The summed E-state index contributed by atoms with van der Waals surface area (Å²) in [4.78, 5) is 13.6. The lowest BCUT2D eigenvalue weighted by molar-refractivity contribution is 1.06. The molecule has 18 heavy (non-hydrogen) atoms. The van der Waals surface area contributed by atoms with E-state index >= 15 is 0 Å². The predicted molar refractivity (Wildman–Crippen MR) is 73.3 cm³/mol. The molecule has 0 aliphatic heterocycles. The number of halogens is 1. The Morgan fingerprint density at radius 1 is 1.17 bits per heavy atom. The minimum absolute atomic E-state index is 0.0623. The summed E-state index contributed by atoms with van der Waals surface area (Å²) in [5.41, 5.74) is 7.39. The molecule has 2 aromatic rings. The Morgan fingerprint density at radius 3 is 2.56 bits per heavy atom. The number of nitrogens with one attached hydrogen (secondary N) is 1. The minimum atomic E-state index is 0.0623. The number of anilines is 4. The van der Waals surface area contributed by atoms with E-state index in [2.05, 4.69) is 20.3 Å². The molecule has 94 valence electrons. The fourth-order valence-electron chi connectivity index (χ4n) is 1.51. The SMILES string of the molecule is CN(C)c1ccccc1Nc1nc(N)nc(Cl)n1. The van der Waals surface area contributed by atoms with Gasteiger partial charge in [0.15, 0.2) is 0 Å². The van der Waals surface area contributed by atoms with Gasteiger partial charge < -0.3 is 16.0 Å². The van der Waals surface area contributed by atoms with Crippen LogP contribution in [0.5, 0.6) is 0 Å². The third kappa shape index (κ3) is 2.78. The largest absolute Gasteiger partial charge is 0.376 e. The molecule has 0 atom stereocenters. The van der Waals surface area contributed by atoms with E-state index in [-0.39, 0.29) is 11.2 Å². The molecular weight excluding hydrogens is 252 g/mol. The van der Waals surface area contributed by atoms with Gasteiger partial charge in [-0.25, -0.2) is 0 Å². The van der Waals surface area contributed by atoms with Gasteiger partial charge in [0.1, 0.15) is 0 Å². The molecule has 1 heterocycles. The van der Waals surface area contributed by atoms with E-state index in [9.17, 15) is 0 Å². The van der Waals surface area contributed by atoms with E-state index in [0.29, 0.717) is 5.95 Å². The Morgan fingerprint density at radius 2 is 1.89 bits per heavy atom. The van der Waals surface area contributed by atoms with E-state index in [4.69, 9.17) is 17.3 Å². The summed E-state index contributed by atoms with van der Waals surface area (Å²) >= 11 is 5.73. The highest BCUT2D eigenvalue weighted by atomic mass is 35.5. The maximum Gasteiger partial charge on any atom is 0.233 e. The summed E-state index contributed by atoms with van der Waals surface area (Å²) in [7, 11) is 3.91. The van der Waals surface area contributed by atoms with E-state index in [0.717, 1.165) is 11.4 Å². The van der Waals surface area contributed by atoms with Crippen molar-refractivity contribution in [2.45, 2.75) is 0 Å². The van der Waals surface area contributed by atoms with Crippen molar-refractivity contribution >= 4 is 34.9 Å². The predicted octanol–water partition coefficient (Wildman–Crippen LogP) is 1.92. The third-order valence-electron chi connectivity index (χ3n) is 2.26. The third-order valence-corrected chi connectivity index (χ3v) is 2.43. The normalized spacial score (nSPS) is 10.2. The highest BCUT2D eigenvalue weighted by Gasteiger charge is 2.07. The molecule has 0 amide bonds. The Labute approximate surface area is 110 Å². The summed E-state index contributed by atoms with van der Waals surface area (Å²) in [6, 6.07) is 7.77. The number of rotatable bonds is 3. The number of nitrogens with zero attached hydrogens (tertiary/aromatic N) is 4. The van der Waals surface area contributed by atoms with Crippen LogP contribution in [0.1, 0.15) is 0 Å². The highest BCUT2D eigenvalue weighted by molar-refractivity contribution is 6.28. The first-order valence-corrected chi connectivity index (χ1v) is 5.64. The molecule has 0 spiro atoms. The Hall–Kier alpha value is -2.08. The Kier molecular flexibility index (Phi) is 3.47. The van der Waals surface area contributed by atoms with Gasteiger partial charge in [-0.1, -0.05) is 12.1 Å². The molecule has 0 radical (unpaired) electrons. The molecule has 1 aromatic heterocycles. The van der Waals surface area contributed by atoms with Crippen molar-refractivity contribution < 1.29 is 0 Å². The lowest BCUT2D eigenvalue weighted by Gasteiger charge is -2.17. The standard InChI is InChI=1S/C11H13ClN6/c1-18(2)8-6-4-3-5-7(8)14-11-16-9(12)15-10(13)17-11/h3-6H,1-2H3,(H3,13,14,15,16,17). The maximum absolute atomic E-state index is 5.73. The van der Waals surface area contributed by atoms with Gasteiger partial charge >= 0.3 is 0 Å². The molecule has 0 aliphatic rings. The van der Waals surface area contributed by atoms with Crippen LogP contribution in [0.15, 0.2) is 24.3 Å². The van der Waals surface area contributed by atoms with Crippen molar-refractivity contribution in [3.8, 4) is 0 Å². The zero-order valence-corrected chi connectivity index (χ0v) is 10.8. The fourth-order valence-corrected chi connectivity index (χ4v) is 1.68. The average molecular weight is 265 g/mol. The average Bonchev–Trinajstić information content (AvgIpc) is 2.27. The van der Waals surface area contributed by atoms with Crippen LogP contribution in [0.4, 0.5) is 23.3 Å². The molecule has 0 aliphatic carbocycles. The van der Waals surface area contributed by atoms with Crippen molar-refractivity contribution in [2.24, 2.45) is 0 Å². The summed E-state index contributed by atoms with van der Waals surface area (Å²) < 4.78 is 0. The molecule has 0 fully saturated rings. The Bertz CT molecular complexity index is 537. The second-order valence-corrected chi connectivity index (χ2v) is 4.16. The number of para-hydroxylation sites is 2. The van der Waals surface area contributed by atoms with Crippen molar-refractivity contribution in [2.75, 3.05) is 30.0 Å². The highest BCUT2D eigenvalue weighted by Crippen LogP contribution is 2.26. The van der Waals surface area contributed by atoms with Crippen molar-refractivity contribution in [3.63, 3.8) is 0 Å². The number of benzene rings is 1. The van der Waals surface area contributed by atoms with E-state index in [1.165, 1.54) is 0 Å². The van der Waals surface area contributed by atoms with E-state index < -0.39 is 0 Å². The molecule has 3 N–H and O–H groups in total. The van der Waals surface area contributed by atoms with Crippen LogP contribution in [-0.4, -0.2) is 29.0 Å². The van der Waals surface area contributed by atoms with Gasteiger partial charge in [0.2, 0.25) is 17.2 Å². The minimum Gasteiger partial charge on any atom is -0.376 e. The zero-order chi connectivity index (χ0) is 13.1. The topological polar surface area (TPSA) is 80.0 Å². The molecule has 0 bridgehead atoms. The molecule has 1 aromatic carbocycles. The van der Waals surface area contributed by atoms with Crippen LogP contribution >= 0.6 is 11.6 Å². The molecule has 6 nitrogen and oxygen atoms in total. The summed E-state index contributed by atoms with van der Waals surface area (Å²) in [6.45, 7) is 0. The van der Waals surface area contributed by atoms with Crippen molar-refractivity contribution in [1.82, 2.24) is 15.0 Å². The summed E-state index contributed by atoms with van der Waals surface area (Å²) in [5.74, 6) is 0.404. The van der Waals surface area contributed by atoms with Crippen molar-refractivity contribution in [1.29, 1.82) is 0 Å². The molecule has 0 unspecified atom stereocenters. The Balaban J connectivity index is 2.34. The van der Waals surface area contributed by atoms with Crippen LogP contribution in [0.2, 0.25) is 5.28 Å².